The number of ether oxygens (including phenoxy) is 2. The van der Waals surface area contributed by atoms with Crippen molar-refractivity contribution in [3.05, 3.63) is 29.8 Å². The summed E-state index contributed by atoms with van der Waals surface area (Å²) in [6.45, 7) is 1.56. The van der Waals surface area contributed by atoms with Crippen LogP contribution in [0, 0.1) is 0 Å². The highest BCUT2D eigenvalue weighted by Crippen LogP contribution is 2.14. The lowest BCUT2D eigenvalue weighted by molar-refractivity contribution is -0.147. The number of primary amides is 1. The van der Waals surface area contributed by atoms with E-state index in [1.807, 2.05) is 0 Å². The van der Waals surface area contributed by atoms with Crippen molar-refractivity contribution in [2.45, 2.75) is 13.0 Å². The van der Waals surface area contributed by atoms with Crippen LogP contribution in [-0.4, -0.2) is 25.1 Å². The average Bonchev–Trinajstić information content (AvgIpc) is 2.28. The maximum absolute atomic E-state index is 11.1. The molecule has 1 aromatic rings. The predicted molar refractivity (Wildman–Crippen MR) is 57.1 cm³/mol. The summed E-state index contributed by atoms with van der Waals surface area (Å²) in [5.74, 6) is -0.630. The summed E-state index contributed by atoms with van der Waals surface area (Å²) in [5, 5.41) is 0. The zero-order chi connectivity index (χ0) is 12.1. The number of esters is 1. The Morgan fingerprint density at radius 3 is 2.62 bits per heavy atom. The van der Waals surface area contributed by atoms with Gasteiger partial charge >= 0.3 is 5.97 Å². The Morgan fingerprint density at radius 1 is 1.38 bits per heavy atom. The van der Waals surface area contributed by atoms with Gasteiger partial charge in [-0.05, 0) is 25.1 Å². The third-order valence-electron chi connectivity index (χ3n) is 1.96. The molecular weight excluding hydrogens is 210 g/mol. The summed E-state index contributed by atoms with van der Waals surface area (Å²) >= 11 is 0. The van der Waals surface area contributed by atoms with Gasteiger partial charge in [-0.1, -0.05) is 6.07 Å². The highest BCUT2D eigenvalue weighted by Gasteiger charge is 2.15. The van der Waals surface area contributed by atoms with Crippen LogP contribution >= 0.6 is 0 Å². The highest BCUT2D eigenvalue weighted by atomic mass is 16.6. The van der Waals surface area contributed by atoms with Crippen molar-refractivity contribution in [3.8, 4) is 5.75 Å². The molecule has 0 aliphatic heterocycles. The van der Waals surface area contributed by atoms with E-state index in [1.54, 1.807) is 25.1 Å². The molecule has 1 aromatic carbocycles. The van der Waals surface area contributed by atoms with E-state index in [2.05, 4.69) is 4.74 Å². The summed E-state index contributed by atoms with van der Waals surface area (Å²) in [6.07, 6.45) is -0.729. The number of hydrogen-bond acceptors (Lipinski definition) is 4. The van der Waals surface area contributed by atoms with Gasteiger partial charge in [0, 0.05) is 5.56 Å². The molecule has 86 valence electrons. The maximum atomic E-state index is 11.1. The molecule has 0 radical (unpaired) electrons. The molecular formula is C11H13NO4. The normalized spacial score (nSPS) is 11.6. The number of nitrogens with two attached hydrogens (primary N) is 1. The molecule has 0 unspecified atom stereocenters. The summed E-state index contributed by atoms with van der Waals surface area (Å²) < 4.78 is 9.78. The minimum absolute atomic E-state index is 0.328. The van der Waals surface area contributed by atoms with Crippen LogP contribution in [0.2, 0.25) is 0 Å². The van der Waals surface area contributed by atoms with Crippen LogP contribution < -0.4 is 10.5 Å². The number of rotatable bonds is 4. The lowest BCUT2D eigenvalue weighted by Gasteiger charge is -2.12. The van der Waals surface area contributed by atoms with Crippen molar-refractivity contribution in [1.82, 2.24) is 0 Å². The van der Waals surface area contributed by atoms with Crippen molar-refractivity contribution >= 4 is 11.9 Å². The molecule has 1 atom stereocenters. The van der Waals surface area contributed by atoms with Crippen molar-refractivity contribution in [2.24, 2.45) is 5.73 Å². The van der Waals surface area contributed by atoms with Crippen LogP contribution in [-0.2, 0) is 9.53 Å². The van der Waals surface area contributed by atoms with Crippen molar-refractivity contribution < 1.29 is 19.1 Å². The highest BCUT2D eigenvalue weighted by molar-refractivity contribution is 5.93. The monoisotopic (exact) mass is 223 g/mol. The van der Waals surface area contributed by atoms with Gasteiger partial charge in [0.05, 0.1) is 7.11 Å². The zero-order valence-corrected chi connectivity index (χ0v) is 9.10. The van der Waals surface area contributed by atoms with Crippen LogP contribution in [0.5, 0.6) is 5.75 Å². The molecule has 1 rings (SSSR count). The first-order valence-electron chi connectivity index (χ1n) is 4.69. The van der Waals surface area contributed by atoms with Crippen LogP contribution in [0.1, 0.15) is 17.3 Å². The standard InChI is InChI=1S/C11H13NO4/c1-7(11(14)15-2)16-9-5-3-4-8(6-9)10(12)13/h3-7H,1-2H3,(H2,12,13)/t7-/m1/s1. The molecule has 0 saturated heterocycles. The predicted octanol–water partition coefficient (Wildman–Crippen LogP) is 0.726. The van der Waals surface area contributed by atoms with E-state index >= 15 is 0 Å². The fourth-order valence-corrected chi connectivity index (χ4v) is 1.14. The maximum Gasteiger partial charge on any atom is 0.346 e. The van der Waals surface area contributed by atoms with Crippen molar-refractivity contribution in [2.75, 3.05) is 7.11 Å². The molecule has 0 aliphatic carbocycles. The molecule has 0 spiro atoms. The van der Waals surface area contributed by atoms with Gasteiger partial charge in [-0.15, -0.1) is 0 Å². The van der Waals surface area contributed by atoms with Gasteiger partial charge in [0.1, 0.15) is 5.75 Å². The van der Waals surface area contributed by atoms with E-state index in [-0.39, 0.29) is 0 Å². The Morgan fingerprint density at radius 2 is 2.06 bits per heavy atom. The first-order valence-corrected chi connectivity index (χ1v) is 4.69. The first-order chi connectivity index (χ1) is 7.54. The lowest BCUT2D eigenvalue weighted by Crippen LogP contribution is -2.25. The lowest BCUT2D eigenvalue weighted by atomic mass is 10.2. The molecule has 0 aliphatic rings. The van der Waals surface area contributed by atoms with Gasteiger partial charge in [0.25, 0.3) is 0 Å². The van der Waals surface area contributed by atoms with Gasteiger partial charge < -0.3 is 15.2 Å². The Hall–Kier alpha value is -2.04. The minimum atomic E-state index is -0.729. The van der Waals surface area contributed by atoms with Gasteiger partial charge in [-0.2, -0.15) is 0 Å². The molecule has 16 heavy (non-hydrogen) atoms. The van der Waals surface area contributed by atoms with E-state index in [0.29, 0.717) is 11.3 Å². The Balaban J connectivity index is 2.78. The summed E-state index contributed by atoms with van der Waals surface area (Å²) in [6, 6.07) is 6.30. The second kappa shape index (κ2) is 5.16. The van der Waals surface area contributed by atoms with Crippen LogP contribution in [0.15, 0.2) is 24.3 Å². The van der Waals surface area contributed by atoms with E-state index in [4.69, 9.17) is 10.5 Å². The number of carbonyl (C=O) groups is 2. The second-order valence-electron chi connectivity index (χ2n) is 3.18. The Bertz CT molecular complexity index is 403. The smallest absolute Gasteiger partial charge is 0.346 e. The molecule has 0 heterocycles. The fraction of sp³-hybridized carbons (Fsp3) is 0.273. The van der Waals surface area contributed by atoms with E-state index < -0.39 is 18.0 Å². The van der Waals surface area contributed by atoms with E-state index in [0.717, 1.165) is 0 Å². The molecule has 2 N–H and O–H groups in total. The summed E-state index contributed by atoms with van der Waals surface area (Å²) in [5.41, 5.74) is 5.44. The quantitative estimate of drug-likeness (QED) is 0.763. The van der Waals surface area contributed by atoms with Crippen molar-refractivity contribution in [3.63, 3.8) is 0 Å². The van der Waals surface area contributed by atoms with E-state index in [1.165, 1.54) is 13.2 Å². The second-order valence-corrected chi connectivity index (χ2v) is 3.18. The fourth-order valence-electron chi connectivity index (χ4n) is 1.14. The summed E-state index contributed by atoms with van der Waals surface area (Å²) in [7, 11) is 1.28. The number of benzene rings is 1. The molecule has 1 amide bonds. The molecule has 0 aromatic heterocycles. The number of hydrogen-bond donors (Lipinski definition) is 1. The molecule has 0 saturated carbocycles. The molecule has 0 bridgehead atoms. The zero-order valence-electron chi connectivity index (χ0n) is 9.10. The van der Waals surface area contributed by atoms with Crippen LogP contribution in [0.3, 0.4) is 0 Å². The van der Waals surface area contributed by atoms with Crippen LogP contribution in [0.4, 0.5) is 0 Å². The molecule has 5 heteroatoms. The van der Waals surface area contributed by atoms with Gasteiger partial charge in [-0.3, -0.25) is 4.79 Å². The van der Waals surface area contributed by atoms with Gasteiger partial charge in [0.15, 0.2) is 6.10 Å². The van der Waals surface area contributed by atoms with Gasteiger partial charge in [0.2, 0.25) is 5.91 Å². The van der Waals surface area contributed by atoms with Crippen LogP contribution in [0.25, 0.3) is 0 Å². The number of methoxy groups -OCH3 is 1. The Kier molecular flexibility index (Phi) is 3.88. The molecule has 5 nitrogen and oxygen atoms in total. The third-order valence-corrected chi connectivity index (χ3v) is 1.96. The Labute approximate surface area is 93.1 Å². The third kappa shape index (κ3) is 2.98. The van der Waals surface area contributed by atoms with E-state index in [9.17, 15) is 9.59 Å². The summed E-state index contributed by atoms with van der Waals surface area (Å²) in [4.78, 5) is 22.0. The number of carbonyl (C=O) groups excluding carboxylic acids is 2. The average molecular weight is 223 g/mol. The topological polar surface area (TPSA) is 78.6 Å². The van der Waals surface area contributed by atoms with Crippen molar-refractivity contribution in [1.29, 1.82) is 0 Å². The van der Waals surface area contributed by atoms with Gasteiger partial charge in [-0.25, -0.2) is 4.79 Å². The largest absolute Gasteiger partial charge is 0.479 e. The SMILES string of the molecule is COC(=O)[C@@H](C)Oc1cccc(C(N)=O)c1. The first kappa shape index (κ1) is 12.0. The number of amides is 1. The molecule has 0 fully saturated rings. The minimum Gasteiger partial charge on any atom is -0.479 e.